The summed E-state index contributed by atoms with van der Waals surface area (Å²) in [5, 5.41) is 2.82. The Labute approximate surface area is 115 Å². The van der Waals surface area contributed by atoms with Gasteiger partial charge in [-0.1, -0.05) is 26.0 Å². The molecule has 4 heteroatoms. The van der Waals surface area contributed by atoms with E-state index in [0.717, 1.165) is 18.6 Å². The third-order valence-electron chi connectivity index (χ3n) is 2.90. The lowest BCUT2D eigenvalue weighted by Crippen LogP contribution is -2.28. The number of hydrogen-bond acceptors (Lipinski definition) is 3. The number of carbonyl (C=O) groups is 1. The third-order valence-corrected chi connectivity index (χ3v) is 2.90. The van der Waals surface area contributed by atoms with Crippen molar-refractivity contribution in [2.45, 2.75) is 27.2 Å². The fraction of sp³-hybridized carbons (Fsp3) is 0.533. The van der Waals surface area contributed by atoms with Gasteiger partial charge < -0.3 is 15.8 Å². The summed E-state index contributed by atoms with van der Waals surface area (Å²) in [7, 11) is 0. The lowest BCUT2D eigenvalue weighted by molar-refractivity contribution is 0.0906. The summed E-state index contributed by atoms with van der Waals surface area (Å²) >= 11 is 0. The first-order valence-electron chi connectivity index (χ1n) is 6.73. The van der Waals surface area contributed by atoms with Crippen molar-refractivity contribution in [3.05, 3.63) is 29.3 Å². The molecule has 106 valence electrons. The van der Waals surface area contributed by atoms with Crippen LogP contribution in [0.15, 0.2) is 18.2 Å². The van der Waals surface area contributed by atoms with Gasteiger partial charge in [0.2, 0.25) is 0 Å². The van der Waals surface area contributed by atoms with Crippen LogP contribution in [0.25, 0.3) is 0 Å². The second-order valence-corrected chi connectivity index (χ2v) is 5.09. The van der Waals surface area contributed by atoms with E-state index in [4.69, 9.17) is 10.5 Å². The topological polar surface area (TPSA) is 64.4 Å². The van der Waals surface area contributed by atoms with Crippen molar-refractivity contribution in [3.8, 4) is 0 Å². The van der Waals surface area contributed by atoms with Gasteiger partial charge in [-0.15, -0.1) is 0 Å². The zero-order chi connectivity index (χ0) is 14.3. The zero-order valence-electron chi connectivity index (χ0n) is 12.0. The van der Waals surface area contributed by atoms with Crippen LogP contribution in [0.4, 0.5) is 5.69 Å². The maximum absolute atomic E-state index is 12.0. The number of rotatable bonds is 7. The van der Waals surface area contributed by atoms with Crippen LogP contribution in [0, 0.1) is 12.8 Å². The molecule has 0 aliphatic carbocycles. The molecule has 0 aliphatic rings. The number of nitrogens with two attached hydrogens (primary N) is 1. The monoisotopic (exact) mass is 264 g/mol. The van der Waals surface area contributed by atoms with Crippen LogP contribution < -0.4 is 11.1 Å². The van der Waals surface area contributed by atoms with Gasteiger partial charge in [-0.3, -0.25) is 4.79 Å². The Morgan fingerprint density at radius 1 is 1.37 bits per heavy atom. The van der Waals surface area contributed by atoms with E-state index in [2.05, 4.69) is 19.2 Å². The molecule has 0 saturated carbocycles. The lowest BCUT2D eigenvalue weighted by Gasteiger charge is -2.10. The summed E-state index contributed by atoms with van der Waals surface area (Å²) in [6, 6.07) is 5.46. The first kappa shape index (κ1) is 15.5. The van der Waals surface area contributed by atoms with Crippen LogP contribution in [-0.4, -0.2) is 25.7 Å². The number of nitrogen functional groups attached to an aromatic ring is 1. The van der Waals surface area contributed by atoms with E-state index in [-0.39, 0.29) is 5.91 Å². The molecule has 0 heterocycles. The minimum Gasteiger partial charge on any atom is -0.398 e. The van der Waals surface area contributed by atoms with Crippen LogP contribution in [-0.2, 0) is 4.74 Å². The Morgan fingerprint density at radius 2 is 2.11 bits per heavy atom. The average Bonchev–Trinajstić information content (AvgIpc) is 2.33. The normalized spacial score (nSPS) is 10.7. The second-order valence-electron chi connectivity index (χ2n) is 5.09. The van der Waals surface area contributed by atoms with Gasteiger partial charge in [0.15, 0.2) is 0 Å². The molecule has 1 aromatic rings. The first-order chi connectivity index (χ1) is 9.02. The Hall–Kier alpha value is -1.55. The fourth-order valence-corrected chi connectivity index (χ4v) is 1.75. The number of ether oxygens (including phenoxy) is 1. The minimum absolute atomic E-state index is 0.136. The highest BCUT2D eigenvalue weighted by molar-refractivity contribution is 6.00. The smallest absolute Gasteiger partial charge is 0.253 e. The van der Waals surface area contributed by atoms with Crippen LogP contribution in [0.2, 0.25) is 0 Å². The Kier molecular flexibility index (Phi) is 6.36. The first-order valence-corrected chi connectivity index (χ1v) is 6.73. The molecule has 0 spiro atoms. The van der Waals surface area contributed by atoms with Gasteiger partial charge >= 0.3 is 0 Å². The highest BCUT2D eigenvalue weighted by Gasteiger charge is 2.11. The number of hydrogen-bond donors (Lipinski definition) is 2. The van der Waals surface area contributed by atoms with Crippen molar-refractivity contribution < 1.29 is 9.53 Å². The Bertz CT molecular complexity index is 396. The van der Waals surface area contributed by atoms with Crippen molar-refractivity contribution in [2.24, 2.45) is 5.92 Å². The molecule has 0 unspecified atom stereocenters. The van der Waals surface area contributed by atoms with Gasteiger partial charge in [0.1, 0.15) is 0 Å². The molecular weight excluding hydrogens is 240 g/mol. The molecule has 0 atom stereocenters. The lowest BCUT2D eigenvalue weighted by atomic mass is 10.1. The van der Waals surface area contributed by atoms with Crippen LogP contribution in [0.5, 0.6) is 0 Å². The second kappa shape index (κ2) is 7.79. The van der Waals surface area contributed by atoms with Gasteiger partial charge in [0, 0.05) is 18.8 Å². The molecule has 0 radical (unpaired) electrons. The molecule has 0 saturated heterocycles. The number of nitrogens with one attached hydrogen (secondary N) is 1. The van der Waals surface area contributed by atoms with E-state index >= 15 is 0 Å². The number of aryl methyl sites for hydroxylation is 1. The fourth-order valence-electron chi connectivity index (χ4n) is 1.75. The largest absolute Gasteiger partial charge is 0.398 e. The standard InChI is InChI=1S/C15H24N2O2/c1-11(2)7-9-19-10-8-17-15(18)14-12(3)5-4-6-13(14)16/h4-6,11H,7-10,16H2,1-3H3,(H,17,18). The van der Waals surface area contributed by atoms with E-state index in [1.807, 2.05) is 19.1 Å². The predicted octanol–water partition coefficient (Wildman–Crippen LogP) is 2.37. The summed E-state index contributed by atoms with van der Waals surface area (Å²) in [4.78, 5) is 12.0. The van der Waals surface area contributed by atoms with E-state index in [9.17, 15) is 4.79 Å². The zero-order valence-corrected chi connectivity index (χ0v) is 12.0. The Balaban J connectivity index is 2.32. The number of carbonyl (C=O) groups excluding carboxylic acids is 1. The molecular formula is C15H24N2O2. The van der Waals surface area contributed by atoms with Gasteiger partial charge in [0.25, 0.3) is 5.91 Å². The highest BCUT2D eigenvalue weighted by Crippen LogP contribution is 2.15. The van der Waals surface area contributed by atoms with Gasteiger partial charge in [-0.2, -0.15) is 0 Å². The van der Waals surface area contributed by atoms with Gasteiger partial charge in [0.05, 0.1) is 12.2 Å². The van der Waals surface area contributed by atoms with Crippen molar-refractivity contribution in [1.29, 1.82) is 0 Å². The Morgan fingerprint density at radius 3 is 2.74 bits per heavy atom. The molecule has 0 aliphatic heterocycles. The SMILES string of the molecule is Cc1cccc(N)c1C(=O)NCCOCCC(C)C. The minimum atomic E-state index is -0.136. The van der Waals surface area contributed by atoms with E-state index in [1.165, 1.54) is 0 Å². The summed E-state index contributed by atoms with van der Waals surface area (Å²) in [6.45, 7) is 7.97. The van der Waals surface area contributed by atoms with Crippen molar-refractivity contribution in [3.63, 3.8) is 0 Å². The number of amides is 1. The third kappa shape index (κ3) is 5.30. The van der Waals surface area contributed by atoms with Crippen molar-refractivity contribution in [2.75, 3.05) is 25.5 Å². The highest BCUT2D eigenvalue weighted by atomic mass is 16.5. The van der Waals surface area contributed by atoms with Crippen LogP contribution in [0.3, 0.4) is 0 Å². The molecule has 0 bridgehead atoms. The molecule has 0 fully saturated rings. The summed E-state index contributed by atoms with van der Waals surface area (Å²) in [6.07, 6.45) is 1.04. The van der Waals surface area contributed by atoms with Crippen LogP contribution in [0.1, 0.15) is 36.2 Å². The van der Waals surface area contributed by atoms with Crippen molar-refractivity contribution in [1.82, 2.24) is 5.32 Å². The predicted molar refractivity (Wildman–Crippen MR) is 78.2 cm³/mol. The summed E-state index contributed by atoms with van der Waals surface area (Å²) in [5.41, 5.74) is 7.77. The molecule has 19 heavy (non-hydrogen) atoms. The summed E-state index contributed by atoms with van der Waals surface area (Å²) < 4.78 is 5.45. The van der Waals surface area contributed by atoms with Crippen molar-refractivity contribution >= 4 is 11.6 Å². The molecule has 1 amide bonds. The average molecular weight is 264 g/mol. The molecule has 3 N–H and O–H groups in total. The van der Waals surface area contributed by atoms with Crippen LogP contribution >= 0.6 is 0 Å². The van der Waals surface area contributed by atoms with Gasteiger partial charge in [-0.25, -0.2) is 0 Å². The van der Waals surface area contributed by atoms with E-state index in [0.29, 0.717) is 30.3 Å². The quantitative estimate of drug-likeness (QED) is 0.587. The molecule has 4 nitrogen and oxygen atoms in total. The van der Waals surface area contributed by atoms with E-state index < -0.39 is 0 Å². The maximum Gasteiger partial charge on any atom is 0.253 e. The number of anilines is 1. The van der Waals surface area contributed by atoms with Gasteiger partial charge in [-0.05, 0) is 30.9 Å². The molecule has 0 aromatic heterocycles. The van der Waals surface area contributed by atoms with E-state index in [1.54, 1.807) is 6.07 Å². The molecule has 1 aromatic carbocycles. The summed E-state index contributed by atoms with van der Waals surface area (Å²) in [5.74, 6) is 0.504. The number of benzene rings is 1. The maximum atomic E-state index is 12.0. The molecule has 1 rings (SSSR count).